The van der Waals surface area contributed by atoms with Crippen LogP contribution in [0.4, 0.5) is 0 Å². The van der Waals surface area contributed by atoms with Crippen molar-refractivity contribution in [2.24, 2.45) is 0 Å². The molecule has 1 fully saturated rings. The molecule has 1 saturated heterocycles. The second kappa shape index (κ2) is 8.05. The Bertz CT molecular complexity index is 137. The first-order chi connectivity index (χ1) is 6.34. The summed E-state index contributed by atoms with van der Waals surface area (Å²) < 4.78 is 4.90. The molecule has 1 rings (SSSR count). The minimum absolute atomic E-state index is 0.307. The van der Waals surface area contributed by atoms with Gasteiger partial charge in [0.25, 0.3) is 0 Å². The molecule has 0 spiro atoms. The average Bonchev–Trinajstić information content (AvgIpc) is 2.56. The van der Waals surface area contributed by atoms with Crippen LogP contribution < -0.4 is 0 Å². The lowest BCUT2D eigenvalue weighted by Crippen LogP contribution is -2.26. The van der Waals surface area contributed by atoms with Crippen molar-refractivity contribution in [2.45, 2.75) is 33.1 Å². The van der Waals surface area contributed by atoms with Gasteiger partial charge in [-0.3, -0.25) is 4.79 Å². The maximum Gasteiger partial charge on any atom is 0.222 e. The van der Waals surface area contributed by atoms with Gasteiger partial charge in [0.1, 0.15) is 0 Å². The smallest absolute Gasteiger partial charge is 0.222 e. The second-order valence-corrected chi connectivity index (χ2v) is 2.83. The largest absolute Gasteiger partial charge is 0.385 e. The Kier molecular flexibility index (Phi) is 7.69. The van der Waals surface area contributed by atoms with E-state index >= 15 is 0 Å². The average molecular weight is 187 g/mol. The number of rotatable bonds is 4. The van der Waals surface area contributed by atoms with Crippen LogP contribution in [0, 0.1) is 0 Å². The van der Waals surface area contributed by atoms with E-state index in [1.165, 1.54) is 0 Å². The Labute approximate surface area is 81.1 Å². The van der Waals surface area contributed by atoms with Gasteiger partial charge in [-0.25, -0.2) is 0 Å². The third-order valence-corrected chi connectivity index (χ3v) is 1.95. The van der Waals surface area contributed by atoms with Crippen LogP contribution in [-0.2, 0) is 9.53 Å². The molecular formula is C10H21NO2. The zero-order valence-electron chi connectivity index (χ0n) is 9.01. The van der Waals surface area contributed by atoms with Crippen LogP contribution in [0.2, 0.25) is 0 Å². The second-order valence-electron chi connectivity index (χ2n) is 2.83. The Morgan fingerprint density at radius 3 is 2.62 bits per heavy atom. The highest BCUT2D eigenvalue weighted by atomic mass is 16.5. The van der Waals surface area contributed by atoms with Gasteiger partial charge in [0.05, 0.1) is 0 Å². The summed E-state index contributed by atoms with van der Waals surface area (Å²) >= 11 is 0. The molecule has 3 nitrogen and oxygen atoms in total. The zero-order chi connectivity index (χ0) is 10.1. The molecular weight excluding hydrogens is 166 g/mol. The van der Waals surface area contributed by atoms with E-state index in [2.05, 4.69) is 0 Å². The molecule has 1 amide bonds. The van der Waals surface area contributed by atoms with Crippen molar-refractivity contribution in [3.63, 3.8) is 0 Å². The molecule has 1 aliphatic rings. The van der Waals surface area contributed by atoms with E-state index in [-0.39, 0.29) is 0 Å². The van der Waals surface area contributed by atoms with Gasteiger partial charge < -0.3 is 9.64 Å². The molecule has 0 saturated carbocycles. The molecule has 0 atom stereocenters. The van der Waals surface area contributed by atoms with Gasteiger partial charge in [0, 0.05) is 33.2 Å². The van der Waals surface area contributed by atoms with E-state index < -0.39 is 0 Å². The van der Waals surface area contributed by atoms with E-state index in [1.807, 2.05) is 18.7 Å². The molecule has 0 aliphatic carbocycles. The standard InChI is InChI=1S/C8H15NO2.C2H6/c1-11-7-3-6-9-5-2-4-8(9)10;1-2/h2-7H2,1H3;1-2H3. The zero-order valence-corrected chi connectivity index (χ0v) is 9.01. The number of carbonyl (C=O) groups is 1. The SMILES string of the molecule is CC.COCCCN1CCCC1=O. The van der Waals surface area contributed by atoms with Crippen LogP contribution in [0.3, 0.4) is 0 Å². The van der Waals surface area contributed by atoms with Crippen LogP contribution in [0.15, 0.2) is 0 Å². The number of ether oxygens (including phenoxy) is 1. The fourth-order valence-corrected chi connectivity index (χ4v) is 1.34. The first-order valence-corrected chi connectivity index (χ1v) is 5.11. The van der Waals surface area contributed by atoms with Crippen LogP contribution in [0.5, 0.6) is 0 Å². The van der Waals surface area contributed by atoms with E-state index in [0.29, 0.717) is 5.91 Å². The number of hydrogen-bond acceptors (Lipinski definition) is 2. The molecule has 78 valence electrons. The van der Waals surface area contributed by atoms with Crippen molar-refractivity contribution in [1.29, 1.82) is 0 Å². The molecule has 1 aliphatic heterocycles. The van der Waals surface area contributed by atoms with Gasteiger partial charge in [-0.15, -0.1) is 0 Å². The van der Waals surface area contributed by atoms with Crippen LogP contribution >= 0.6 is 0 Å². The normalized spacial score (nSPS) is 15.6. The Balaban J connectivity index is 0.000000671. The van der Waals surface area contributed by atoms with E-state index in [0.717, 1.165) is 39.0 Å². The topological polar surface area (TPSA) is 29.5 Å². The van der Waals surface area contributed by atoms with Crippen molar-refractivity contribution in [3.05, 3.63) is 0 Å². The maximum atomic E-state index is 11.1. The molecule has 0 radical (unpaired) electrons. The molecule has 13 heavy (non-hydrogen) atoms. The molecule has 0 aromatic carbocycles. The molecule has 3 heteroatoms. The van der Waals surface area contributed by atoms with Crippen LogP contribution in [-0.4, -0.2) is 37.6 Å². The number of methoxy groups -OCH3 is 1. The van der Waals surface area contributed by atoms with E-state index in [9.17, 15) is 4.79 Å². The maximum absolute atomic E-state index is 11.1. The minimum Gasteiger partial charge on any atom is -0.385 e. The van der Waals surface area contributed by atoms with Crippen molar-refractivity contribution >= 4 is 5.91 Å². The number of likely N-dealkylation sites (tertiary alicyclic amines) is 1. The van der Waals surface area contributed by atoms with Crippen LogP contribution in [0.1, 0.15) is 33.1 Å². The summed E-state index contributed by atoms with van der Waals surface area (Å²) in [5, 5.41) is 0. The lowest BCUT2D eigenvalue weighted by atomic mass is 10.4. The van der Waals surface area contributed by atoms with Crippen molar-refractivity contribution < 1.29 is 9.53 Å². The third-order valence-electron chi connectivity index (χ3n) is 1.95. The summed E-state index contributed by atoms with van der Waals surface area (Å²) in [6, 6.07) is 0. The Hall–Kier alpha value is -0.570. The summed E-state index contributed by atoms with van der Waals surface area (Å²) in [7, 11) is 1.69. The monoisotopic (exact) mass is 187 g/mol. The third kappa shape index (κ3) is 4.88. The molecule has 0 aromatic heterocycles. The summed E-state index contributed by atoms with van der Waals surface area (Å²) in [5.74, 6) is 0.307. The van der Waals surface area contributed by atoms with Gasteiger partial charge in [0.15, 0.2) is 0 Å². The highest BCUT2D eigenvalue weighted by Gasteiger charge is 2.18. The summed E-state index contributed by atoms with van der Waals surface area (Å²) in [4.78, 5) is 13.0. The lowest BCUT2D eigenvalue weighted by molar-refractivity contribution is -0.127. The highest BCUT2D eigenvalue weighted by Crippen LogP contribution is 2.09. The Morgan fingerprint density at radius 1 is 1.46 bits per heavy atom. The minimum atomic E-state index is 0.307. The fraction of sp³-hybridized carbons (Fsp3) is 0.900. The summed E-state index contributed by atoms with van der Waals surface area (Å²) in [6.45, 7) is 6.57. The number of nitrogens with zero attached hydrogens (tertiary/aromatic N) is 1. The molecule has 0 aromatic rings. The summed E-state index contributed by atoms with van der Waals surface area (Å²) in [5.41, 5.74) is 0. The van der Waals surface area contributed by atoms with Crippen molar-refractivity contribution in [3.8, 4) is 0 Å². The van der Waals surface area contributed by atoms with E-state index in [1.54, 1.807) is 7.11 Å². The predicted octanol–water partition coefficient (Wildman–Crippen LogP) is 1.67. The Morgan fingerprint density at radius 2 is 2.15 bits per heavy atom. The first kappa shape index (κ1) is 12.4. The van der Waals surface area contributed by atoms with Crippen LogP contribution in [0.25, 0.3) is 0 Å². The first-order valence-electron chi connectivity index (χ1n) is 5.11. The van der Waals surface area contributed by atoms with Crippen molar-refractivity contribution in [1.82, 2.24) is 4.90 Å². The van der Waals surface area contributed by atoms with E-state index in [4.69, 9.17) is 4.74 Å². The van der Waals surface area contributed by atoms with Gasteiger partial charge in [-0.2, -0.15) is 0 Å². The quantitative estimate of drug-likeness (QED) is 0.627. The molecule has 0 bridgehead atoms. The van der Waals surface area contributed by atoms with Crippen molar-refractivity contribution in [2.75, 3.05) is 26.8 Å². The fourth-order valence-electron chi connectivity index (χ4n) is 1.34. The molecule has 0 unspecified atom stereocenters. The molecule has 0 N–H and O–H groups in total. The number of carbonyl (C=O) groups excluding carboxylic acids is 1. The number of hydrogen-bond donors (Lipinski definition) is 0. The van der Waals surface area contributed by atoms with Gasteiger partial charge in [-0.1, -0.05) is 13.8 Å². The summed E-state index contributed by atoms with van der Waals surface area (Å²) in [6.07, 6.45) is 2.74. The van der Waals surface area contributed by atoms with Gasteiger partial charge >= 0.3 is 0 Å². The predicted molar refractivity (Wildman–Crippen MR) is 53.7 cm³/mol. The highest BCUT2D eigenvalue weighted by molar-refractivity contribution is 5.77. The molecule has 1 heterocycles. The van der Waals surface area contributed by atoms with Gasteiger partial charge in [0.2, 0.25) is 5.91 Å². The number of amides is 1. The van der Waals surface area contributed by atoms with Gasteiger partial charge in [-0.05, 0) is 12.8 Å². The lowest BCUT2D eigenvalue weighted by Gasteiger charge is -2.14.